The molecule has 0 radical (unpaired) electrons. The van der Waals surface area contributed by atoms with Crippen molar-refractivity contribution in [3.05, 3.63) is 35.9 Å². The molecule has 7 N–H and O–H groups in total. The van der Waals surface area contributed by atoms with Crippen molar-refractivity contribution in [2.24, 2.45) is 5.73 Å². The number of aliphatic hydroxyl groups is 1. The van der Waals surface area contributed by atoms with Crippen LogP contribution < -0.4 is 11.1 Å². The SMILES string of the molecule is C[C@H](N)C(=O)C(CO)NC(=O)OCc1ccccc1.O=P(O)(O)O. The number of nitrogens with one attached hydrogen (secondary N) is 1. The Morgan fingerprint density at radius 1 is 1.25 bits per heavy atom. The van der Waals surface area contributed by atoms with Gasteiger partial charge in [-0.3, -0.25) is 4.79 Å². The van der Waals surface area contributed by atoms with E-state index >= 15 is 0 Å². The van der Waals surface area contributed by atoms with Crippen LogP contribution in [0, 0.1) is 0 Å². The zero-order chi connectivity index (χ0) is 18.8. The maximum absolute atomic E-state index is 11.5. The van der Waals surface area contributed by atoms with Gasteiger partial charge in [0.25, 0.3) is 0 Å². The van der Waals surface area contributed by atoms with Crippen LogP contribution in [0.2, 0.25) is 0 Å². The zero-order valence-corrected chi connectivity index (χ0v) is 13.8. The average molecular weight is 364 g/mol. The Morgan fingerprint density at radius 3 is 2.17 bits per heavy atom. The van der Waals surface area contributed by atoms with Gasteiger partial charge in [-0.25, -0.2) is 9.36 Å². The van der Waals surface area contributed by atoms with E-state index in [2.05, 4.69) is 5.32 Å². The third-order valence-electron chi connectivity index (χ3n) is 2.48. The second-order valence-corrected chi connectivity index (χ2v) is 5.67. The molecule has 10 nitrogen and oxygen atoms in total. The number of phosphoric acid groups is 1. The van der Waals surface area contributed by atoms with Gasteiger partial charge in [0.05, 0.1) is 12.6 Å². The lowest BCUT2D eigenvalue weighted by Crippen LogP contribution is -2.49. The molecule has 0 fully saturated rings. The van der Waals surface area contributed by atoms with Gasteiger partial charge in [0.15, 0.2) is 5.78 Å². The molecule has 0 bridgehead atoms. The molecule has 0 aliphatic rings. The Hall–Kier alpha value is -1.81. The van der Waals surface area contributed by atoms with Gasteiger partial charge in [-0.2, -0.15) is 0 Å². The zero-order valence-electron chi connectivity index (χ0n) is 12.9. The van der Waals surface area contributed by atoms with Crippen molar-refractivity contribution in [2.45, 2.75) is 25.6 Å². The first-order valence-electron chi connectivity index (χ1n) is 6.70. The van der Waals surface area contributed by atoms with E-state index in [-0.39, 0.29) is 6.61 Å². The minimum Gasteiger partial charge on any atom is -0.445 e. The number of Topliss-reactive ketones (excluding diaryl/α,β-unsaturated/α-hetero) is 1. The van der Waals surface area contributed by atoms with E-state index in [1.54, 1.807) is 0 Å². The van der Waals surface area contributed by atoms with Crippen molar-refractivity contribution in [3.8, 4) is 0 Å². The molecule has 2 atom stereocenters. The summed E-state index contributed by atoms with van der Waals surface area (Å²) in [5.74, 6) is -0.445. The molecule has 1 amide bonds. The molecule has 0 aliphatic carbocycles. The lowest BCUT2D eigenvalue weighted by atomic mass is 10.1. The lowest BCUT2D eigenvalue weighted by molar-refractivity contribution is -0.122. The second-order valence-electron chi connectivity index (χ2n) is 4.65. The topological polar surface area (TPSA) is 179 Å². The molecule has 136 valence electrons. The minimum atomic E-state index is -4.64. The van der Waals surface area contributed by atoms with Crippen molar-refractivity contribution in [2.75, 3.05) is 6.61 Å². The van der Waals surface area contributed by atoms with Crippen LogP contribution in [-0.2, 0) is 20.7 Å². The predicted octanol–water partition coefficient (Wildman–Crippen LogP) is -0.739. The molecule has 1 aromatic carbocycles. The fraction of sp³-hybridized carbons (Fsp3) is 0.385. The van der Waals surface area contributed by atoms with Crippen molar-refractivity contribution in [1.29, 1.82) is 0 Å². The first-order valence-corrected chi connectivity index (χ1v) is 8.26. The van der Waals surface area contributed by atoms with Gasteiger partial charge in [-0.1, -0.05) is 30.3 Å². The number of nitrogens with two attached hydrogens (primary N) is 1. The molecule has 0 aliphatic heterocycles. The summed E-state index contributed by atoms with van der Waals surface area (Å²) < 4.78 is 13.8. The third-order valence-corrected chi connectivity index (χ3v) is 2.48. The highest BCUT2D eigenvalue weighted by Gasteiger charge is 2.23. The van der Waals surface area contributed by atoms with Crippen molar-refractivity contribution in [3.63, 3.8) is 0 Å². The molecule has 1 rings (SSSR count). The fourth-order valence-electron chi connectivity index (χ4n) is 1.43. The molecule has 24 heavy (non-hydrogen) atoms. The number of hydrogen-bond acceptors (Lipinski definition) is 6. The summed E-state index contributed by atoms with van der Waals surface area (Å²) in [7, 11) is -4.64. The monoisotopic (exact) mass is 364 g/mol. The van der Waals surface area contributed by atoms with E-state index in [1.165, 1.54) is 6.92 Å². The van der Waals surface area contributed by atoms with E-state index in [1.807, 2.05) is 30.3 Å². The van der Waals surface area contributed by atoms with Crippen molar-refractivity contribution >= 4 is 19.7 Å². The largest absolute Gasteiger partial charge is 0.466 e. The van der Waals surface area contributed by atoms with Crippen molar-refractivity contribution < 1.29 is 38.7 Å². The maximum atomic E-state index is 11.5. The normalized spacial score (nSPS) is 13.1. The first kappa shape index (κ1) is 22.2. The number of alkyl carbamates (subject to hydrolysis) is 1. The first-order chi connectivity index (χ1) is 11.0. The molecule has 1 aromatic rings. The Kier molecular flexibility index (Phi) is 10.0. The Balaban J connectivity index is 0.000000922. The molecule has 0 spiro atoms. The number of ether oxygens (including phenoxy) is 1. The summed E-state index contributed by atoms with van der Waals surface area (Å²) in [5, 5.41) is 11.3. The summed E-state index contributed by atoms with van der Waals surface area (Å²) in [6.07, 6.45) is -0.767. The maximum Gasteiger partial charge on any atom is 0.466 e. The van der Waals surface area contributed by atoms with Crippen molar-refractivity contribution in [1.82, 2.24) is 5.32 Å². The highest BCUT2D eigenvalue weighted by Crippen LogP contribution is 2.25. The van der Waals surface area contributed by atoms with Gasteiger partial charge >= 0.3 is 13.9 Å². The van der Waals surface area contributed by atoms with Crippen LogP contribution in [0.3, 0.4) is 0 Å². The molecule has 0 aromatic heterocycles. The number of ketones is 1. The predicted molar refractivity (Wildman–Crippen MR) is 83.6 cm³/mol. The van der Waals surface area contributed by atoms with Gasteiger partial charge in [-0.15, -0.1) is 0 Å². The average Bonchev–Trinajstić information content (AvgIpc) is 2.49. The van der Waals surface area contributed by atoms with Crippen LogP contribution in [0.25, 0.3) is 0 Å². The molecular weight excluding hydrogens is 343 g/mol. The van der Waals surface area contributed by atoms with Crippen LogP contribution in [0.4, 0.5) is 4.79 Å². The smallest absolute Gasteiger partial charge is 0.445 e. The molecule has 0 heterocycles. The highest BCUT2D eigenvalue weighted by atomic mass is 31.2. The Morgan fingerprint density at radius 2 is 1.75 bits per heavy atom. The molecule has 0 saturated carbocycles. The highest BCUT2D eigenvalue weighted by molar-refractivity contribution is 7.45. The van der Waals surface area contributed by atoms with Gasteiger partial charge in [0, 0.05) is 0 Å². The quantitative estimate of drug-likeness (QED) is 0.354. The van der Waals surface area contributed by atoms with Crippen LogP contribution in [-0.4, -0.2) is 50.4 Å². The summed E-state index contributed by atoms with van der Waals surface area (Å²) in [6.45, 7) is 1.07. The number of aliphatic hydroxyl groups excluding tert-OH is 1. The number of hydrogen-bond donors (Lipinski definition) is 6. The van der Waals surface area contributed by atoms with Gasteiger partial charge in [0.1, 0.15) is 12.6 Å². The summed E-state index contributed by atoms with van der Waals surface area (Å²) in [4.78, 5) is 44.6. The van der Waals surface area contributed by atoms with Gasteiger partial charge in [-0.05, 0) is 12.5 Å². The molecular formula is C13H21N2O8P. The van der Waals surface area contributed by atoms with Crippen LogP contribution >= 0.6 is 7.82 Å². The van der Waals surface area contributed by atoms with E-state index in [0.717, 1.165) is 5.56 Å². The number of carbonyl (C=O) groups is 2. The van der Waals surface area contributed by atoms with Crippen LogP contribution in [0.15, 0.2) is 30.3 Å². The fourth-order valence-corrected chi connectivity index (χ4v) is 1.43. The summed E-state index contributed by atoms with van der Waals surface area (Å²) in [6, 6.07) is 7.33. The third kappa shape index (κ3) is 11.7. The van der Waals surface area contributed by atoms with Gasteiger partial charge < -0.3 is 35.6 Å². The lowest BCUT2D eigenvalue weighted by Gasteiger charge is -2.16. The van der Waals surface area contributed by atoms with Crippen LogP contribution in [0.1, 0.15) is 12.5 Å². The van der Waals surface area contributed by atoms with E-state index < -0.39 is 38.4 Å². The number of benzene rings is 1. The minimum absolute atomic E-state index is 0.0944. The van der Waals surface area contributed by atoms with E-state index in [0.29, 0.717) is 0 Å². The number of rotatable bonds is 6. The van der Waals surface area contributed by atoms with Gasteiger partial charge in [0.2, 0.25) is 0 Å². The van der Waals surface area contributed by atoms with E-state index in [4.69, 9.17) is 34.8 Å². The molecule has 0 saturated heterocycles. The standard InChI is InChI=1S/C13H18N2O4.H3O4P/c1-9(14)12(17)11(7-16)15-13(18)19-8-10-5-3-2-4-6-10;1-5(2,3)4/h2-6,9,11,16H,7-8,14H2,1H3,(H,15,18);(H3,1,2,3,4)/t9-,11?;/m0./s1. The van der Waals surface area contributed by atoms with Crippen LogP contribution in [0.5, 0.6) is 0 Å². The number of amides is 1. The Labute approximate surface area is 138 Å². The number of carbonyl (C=O) groups excluding carboxylic acids is 2. The van der Waals surface area contributed by atoms with E-state index in [9.17, 15) is 9.59 Å². The Bertz CT molecular complexity index is 552. The molecule has 11 heteroatoms. The summed E-state index contributed by atoms with van der Waals surface area (Å²) in [5.41, 5.74) is 6.23. The second kappa shape index (κ2) is 10.9. The summed E-state index contributed by atoms with van der Waals surface area (Å²) >= 11 is 0. The molecule has 1 unspecified atom stereocenters.